The highest BCUT2D eigenvalue weighted by molar-refractivity contribution is 7.98. The Bertz CT molecular complexity index is 867. The summed E-state index contributed by atoms with van der Waals surface area (Å²) in [7, 11) is 0. The quantitative estimate of drug-likeness (QED) is 0.697. The highest BCUT2D eigenvalue weighted by Crippen LogP contribution is 2.26. The molecule has 7 heteroatoms. The number of carbonyl (C=O) groups excluding carboxylic acids is 2. The fraction of sp³-hybridized carbons (Fsp3) is 0.522. The molecule has 6 nitrogen and oxygen atoms in total. The van der Waals surface area contributed by atoms with Gasteiger partial charge in [0.15, 0.2) is 5.16 Å². The van der Waals surface area contributed by atoms with Crippen LogP contribution in [0, 0.1) is 5.92 Å². The van der Waals surface area contributed by atoms with Crippen molar-refractivity contribution in [2.45, 2.75) is 43.7 Å². The molecule has 0 bridgehead atoms. The van der Waals surface area contributed by atoms with Gasteiger partial charge in [-0.2, -0.15) is 0 Å². The molecule has 3 heterocycles. The molecule has 2 fully saturated rings. The Labute approximate surface area is 182 Å². The zero-order valence-electron chi connectivity index (χ0n) is 17.6. The number of para-hydroxylation sites is 1. The van der Waals surface area contributed by atoms with Gasteiger partial charge >= 0.3 is 0 Å². The van der Waals surface area contributed by atoms with Crippen LogP contribution in [-0.4, -0.2) is 63.6 Å². The lowest BCUT2D eigenvalue weighted by atomic mass is 9.95. The maximum atomic E-state index is 13.3. The largest absolute Gasteiger partial charge is 0.342 e. The van der Waals surface area contributed by atoms with Crippen LogP contribution in [0.4, 0.5) is 0 Å². The number of amides is 2. The SMILES string of the molecule is CSc1ncc(C(=O)N2CCC(C(=O)N3CCCCCC3)CC2)n1-c1ccccc1. The van der Waals surface area contributed by atoms with Crippen LogP contribution >= 0.6 is 11.8 Å². The molecule has 2 aromatic rings. The van der Waals surface area contributed by atoms with Crippen molar-refractivity contribution in [2.24, 2.45) is 5.92 Å². The van der Waals surface area contributed by atoms with Gasteiger partial charge in [-0.3, -0.25) is 14.2 Å². The summed E-state index contributed by atoms with van der Waals surface area (Å²) in [6.07, 6.45) is 9.82. The molecule has 0 aliphatic carbocycles. The van der Waals surface area contributed by atoms with E-state index in [1.54, 1.807) is 6.20 Å². The Morgan fingerprint density at radius 3 is 2.23 bits per heavy atom. The lowest BCUT2D eigenvalue weighted by Gasteiger charge is -2.34. The Morgan fingerprint density at radius 2 is 1.60 bits per heavy atom. The van der Waals surface area contributed by atoms with Crippen LogP contribution in [0.15, 0.2) is 41.7 Å². The van der Waals surface area contributed by atoms with Gasteiger partial charge < -0.3 is 9.80 Å². The van der Waals surface area contributed by atoms with Gasteiger partial charge in [0.1, 0.15) is 5.69 Å². The summed E-state index contributed by atoms with van der Waals surface area (Å²) in [5.74, 6) is 0.336. The van der Waals surface area contributed by atoms with Crippen molar-refractivity contribution in [3.63, 3.8) is 0 Å². The van der Waals surface area contributed by atoms with E-state index in [-0.39, 0.29) is 11.8 Å². The average Bonchev–Trinajstić information content (AvgIpc) is 3.04. The van der Waals surface area contributed by atoms with Crippen molar-refractivity contribution < 1.29 is 9.59 Å². The molecule has 0 saturated carbocycles. The van der Waals surface area contributed by atoms with Crippen molar-refractivity contribution in [1.82, 2.24) is 19.4 Å². The standard InChI is InChI=1S/C23H30N4O2S/c1-30-23-24-17-20(27(23)19-9-5-4-6-10-19)22(29)26-15-11-18(12-16-26)21(28)25-13-7-2-3-8-14-25/h4-6,9-10,17-18H,2-3,7-8,11-16H2,1H3. The monoisotopic (exact) mass is 426 g/mol. The van der Waals surface area contributed by atoms with Crippen LogP contribution in [0.5, 0.6) is 0 Å². The van der Waals surface area contributed by atoms with Gasteiger partial charge in [-0.15, -0.1) is 0 Å². The molecule has 1 aromatic heterocycles. The van der Waals surface area contributed by atoms with Crippen LogP contribution in [0.1, 0.15) is 49.0 Å². The minimum atomic E-state index is -0.00711. The predicted molar refractivity (Wildman–Crippen MR) is 119 cm³/mol. The number of benzene rings is 1. The molecule has 0 atom stereocenters. The fourth-order valence-electron chi connectivity index (χ4n) is 4.50. The Balaban J connectivity index is 1.44. The van der Waals surface area contributed by atoms with E-state index in [0.717, 1.165) is 49.6 Å². The van der Waals surface area contributed by atoms with Gasteiger partial charge in [0.2, 0.25) is 5.91 Å². The zero-order chi connectivity index (χ0) is 20.9. The molecule has 1 aromatic carbocycles. The van der Waals surface area contributed by atoms with Crippen LogP contribution in [0.2, 0.25) is 0 Å². The van der Waals surface area contributed by atoms with Crippen LogP contribution in [-0.2, 0) is 4.79 Å². The fourth-order valence-corrected chi connectivity index (χ4v) is 5.04. The highest BCUT2D eigenvalue weighted by Gasteiger charge is 2.32. The van der Waals surface area contributed by atoms with Crippen molar-refractivity contribution >= 4 is 23.6 Å². The second-order valence-corrected chi connectivity index (χ2v) is 8.88. The number of imidazole rings is 1. The number of thioether (sulfide) groups is 1. The van der Waals surface area contributed by atoms with E-state index in [9.17, 15) is 9.59 Å². The second-order valence-electron chi connectivity index (χ2n) is 8.11. The topological polar surface area (TPSA) is 58.4 Å². The third-order valence-electron chi connectivity index (χ3n) is 6.19. The first-order chi connectivity index (χ1) is 14.7. The average molecular weight is 427 g/mol. The van der Waals surface area contributed by atoms with Gasteiger partial charge in [-0.1, -0.05) is 42.8 Å². The van der Waals surface area contributed by atoms with E-state index in [2.05, 4.69) is 9.88 Å². The van der Waals surface area contributed by atoms with Crippen molar-refractivity contribution in [3.8, 4) is 5.69 Å². The minimum Gasteiger partial charge on any atom is -0.342 e. The summed E-state index contributed by atoms with van der Waals surface area (Å²) in [5, 5.41) is 0.802. The number of aromatic nitrogens is 2. The van der Waals surface area contributed by atoms with Gasteiger partial charge in [-0.25, -0.2) is 4.98 Å². The first-order valence-corrected chi connectivity index (χ1v) is 12.2. The van der Waals surface area contributed by atoms with E-state index in [1.807, 2.05) is 46.1 Å². The number of likely N-dealkylation sites (tertiary alicyclic amines) is 2. The molecule has 2 aliphatic heterocycles. The number of hydrogen-bond acceptors (Lipinski definition) is 4. The number of hydrogen-bond donors (Lipinski definition) is 0. The molecule has 160 valence electrons. The van der Waals surface area contributed by atoms with Gasteiger partial charge in [-0.05, 0) is 44.1 Å². The lowest BCUT2D eigenvalue weighted by molar-refractivity contribution is -0.136. The van der Waals surface area contributed by atoms with E-state index < -0.39 is 0 Å². The summed E-state index contributed by atoms with van der Waals surface area (Å²) in [4.78, 5) is 34.6. The second kappa shape index (κ2) is 9.69. The van der Waals surface area contributed by atoms with E-state index in [1.165, 1.54) is 24.6 Å². The Kier molecular flexibility index (Phi) is 6.77. The first-order valence-electron chi connectivity index (χ1n) is 10.9. The van der Waals surface area contributed by atoms with Crippen molar-refractivity contribution in [2.75, 3.05) is 32.4 Å². The van der Waals surface area contributed by atoms with Gasteiger partial charge in [0, 0.05) is 37.8 Å². The highest BCUT2D eigenvalue weighted by atomic mass is 32.2. The van der Waals surface area contributed by atoms with E-state index in [4.69, 9.17) is 0 Å². The minimum absolute atomic E-state index is 0.00711. The molecule has 2 aliphatic rings. The van der Waals surface area contributed by atoms with Gasteiger partial charge in [0.05, 0.1) is 6.20 Å². The third-order valence-corrected chi connectivity index (χ3v) is 6.85. The molecule has 2 saturated heterocycles. The summed E-state index contributed by atoms with van der Waals surface area (Å²) >= 11 is 1.53. The summed E-state index contributed by atoms with van der Waals surface area (Å²) < 4.78 is 1.93. The molecular weight excluding hydrogens is 396 g/mol. The molecule has 4 rings (SSSR count). The van der Waals surface area contributed by atoms with Crippen LogP contribution in [0.3, 0.4) is 0 Å². The summed E-state index contributed by atoms with van der Waals surface area (Å²) in [5.41, 5.74) is 1.52. The third kappa shape index (κ3) is 4.41. The first kappa shape index (κ1) is 21.0. The van der Waals surface area contributed by atoms with E-state index in [0.29, 0.717) is 24.7 Å². The Hall–Kier alpha value is -2.28. The number of carbonyl (C=O) groups is 2. The molecule has 0 spiro atoms. The van der Waals surface area contributed by atoms with Gasteiger partial charge in [0.25, 0.3) is 5.91 Å². The smallest absolute Gasteiger partial charge is 0.272 e. The molecule has 0 unspecified atom stereocenters. The molecule has 0 radical (unpaired) electrons. The number of piperidine rings is 1. The lowest BCUT2D eigenvalue weighted by Crippen LogP contribution is -2.45. The maximum absolute atomic E-state index is 13.3. The van der Waals surface area contributed by atoms with Crippen molar-refractivity contribution in [1.29, 1.82) is 0 Å². The van der Waals surface area contributed by atoms with E-state index >= 15 is 0 Å². The molecule has 30 heavy (non-hydrogen) atoms. The molecular formula is C23H30N4O2S. The predicted octanol–water partition coefficient (Wildman–Crippen LogP) is 3.85. The summed E-state index contributed by atoms with van der Waals surface area (Å²) in [6, 6.07) is 9.88. The summed E-state index contributed by atoms with van der Waals surface area (Å²) in [6.45, 7) is 3.03. The zero-order valence-corrected chi connectivity index (χ0v) is 18.4. The van der Waals surface area contributed by atoms with Crippen LogP contribution < -0.4 is 0 Å². The molecule has 0 N–H and O–H groups in total. The normalized spacial score (nSPS) is 18.3. The molecule has 2 amide bonds. The Morgan fingerprint density at radius 1 is 0.933 bits per heavy atom. The number of nitrogens with zero attached hydrogens (tertiary/aromatic N) is 4. The van der Waals surface area contributed by atoms with Crippen molar-refractivity contribution in [3.05, 3.63) is 42.2 Å². The number of rotatable bonds is 4. The maximum Gasteiger partial charge on any atom is 0.272 e. The van der Waals surface area contributed by atoms with Crippen LogP contribution in [0.25, 0.3) is 5.69 Å².